The summed E-state index contributed by atoms with van der Waals surface area (Å²) in [5, 5.41) is 3.02. The number of benzene rings is 1. The smallest absolute Gasteiger partial charge is 0.222 e. The van der Waals surface area contributed by atoms with Crippen molar-refractivity contribution in [2.45, 2.75) is 59.4 Å². The molecule has 1 aliphatic heterocycles. The molecule has 1 aliphatic rings. The summed E-state index contributed by atoms with van der Waals surface area (Å²) >= 11 is 0. The molecule has 2 unspecified atom stereocenters. The van der Waals surface area contributed by atoms with Crippen LogP contribution in [0.4, 0.5) is 0 Å². The Kier molecular flexibility index (Phi) is 8.55. The number of morpholine rings is 1. The minimum absolute atomic E-state index is 0.0391. The number of ether oxygens (including phenoxy) is 2. The number of nitrogens with zero attached hydrogens (tertiary/aromatic N) is 1. The molecule has 0 spiro atoms. The van der Waals surface area contributed by atoms with Gasteiger partial charge in [-0.25, -0.2) is 0 Å². The van der Waals surface area contributed by atoms with Crippen LogP contribution in [0, 0.1) is 5.92 Å². The van der Waals surface area contributed by atoms with Crippen LogP contribution in [0.25, 0.3) is 0 Å². The normalized spacial score (nSPS) is 21.1. The Morgan fingerprint density at radius 3 is 2.54 bits per heavy atom. The Labute approximate surface area is 158 Å². The van der Waals surface area contributed by atoms with Crippen molar-refractivity contribution < 1.29 is 14.3 Å². The van der Waals surface area contributed by atoms with E-state index in [2.05, 4.69) is 56.1 Å². The van der Waals surface area contributed by atoms with Gasteiger partial charge in [0, 0.05) is 39.2 Å². The van der Waals surface area contributed by atoms with E-state index in [1.165, 1.54) is 11.1 Å². The zero-order valence-corrected chi connectivity index (χ0v) is 16.7. The lowest BCUT2D eigenvalue weighted by Gasteiger charge is -2.35. The molecule has 5 heteroatoms. The molecule has 2 rings (SSSR count). The largest absolute Gasteiger partial charge is 0.381 e. The number of rotatable bonds is 9. The quantitative estimate of drug-likeness (QED) is 0.686. The number of nitrogens with one attached hydrogen (secondary N) is 1. The third kappa shape index (κ3) is 7.44. The van der Waals surface area contributed by atoms with Crippen LogP contribution < -0.4 is 5.32 Å². The first-order valence-corrected chi connectivity index (χ1v) is 9.73. The number of amides is 1. The van der Waals surface area contributed by atoms with E-state index in [9.17, 15) is 4.79 Å². The van der Waals surface area contributed by atoms with Crippen LogP contribution in [0.3, 0.4) is 0 Å². The highest BCUT2D eigenvalue weighted by Gasteiger charge is 2.22. The molecule has 1 fully saturated rings. The Morgan fingerprint density at radius 2 is 1.88 bits per heavy atom. The van der Waals surface area contributed by atoms with Crippen molar-refractivity contribution in [1.82, 2.24) is 10.2 Å². The lowest BCUT2D eigenvalue weighted by Crippen LogP contribution is -2.45. The zero-order valence-electron chi connectivity index (χ0n) is 16.7. The minimum Gasteiger partial charge on any atom is -0.381 e. The maximum absolute atomic E-state index is 12.0. The van der Waals surface area contributed by atoms with Gasteiger partial charge in [0.25, 0.3) is 0 Å². The fourth-order valence-corrected chi connectivity index (χ4v) is 3.30. The summed E-state index contributed by atoms with van der Waals surface area (Å²) in [5.41, 5.74) is 2.45. The van der Waals surface area contributed by atoms with E-state index in [0.29, 0.717) is 32.1 Å². The van der Waals surface area contributed by atoms with Crippen LogP contribution in [0.1, 0.15) is 45.2 Å². The van der Waals surface area contributed by atoms with Crippen LogP contribution in [0.5, 0.6) is 0 Å². The lowest BCUT2D eigenvalue weighted by molar-refractivity contribution is -0.122. The molecule has 0 radical (unpaired) electrons. The van der Waals surface area contributed by atoms with Gasteiger partial charge in [-0.05, 0) is 30.9 Å². The maximum atomic E-state index is 12.0. The number of carbonyl (C=O) groups is 1. The SMILES string of the molecule is CC(C)COCCC(=O)NCc1ccccc1CN1CC(C)OC(C)C1. The Balaban J connectivity index is 1.81. The minimum atomic E-state index is 0.0391. The van der Waals surface area contributed by atoms with E-state index in [1.807, 2.05) is 6.07 Å². The standard InChI is InChI=1S/C21H34N2O3/c1-16(2)15-25-10-9-21(24)22-11-19-7-5-6-8-20(19)14-23-12-17(3)26-18(4)13-23/h5-8,16-18H,9-15H2,1-4H3,(H,22,24). The number of carbonyl (C=O) groups excluding carboxylic acids is 1. The van der Waals surface area contributed by atoms with Crippen molar-refractivity contribution in [3.63, 3.8) is 0 Å². The van der Waals surface area contributed by atoms with Crippen LogP contribution >= 0.6 is 0 Å². The molecule has 0 aliphatic carbocycles. The van der Waals surface area contributed by atoms with Crippen LogP contribution in [0.2, 0.25) is 0 Å². The van der Waals surface area contributed by atoms with Crippen molar-refractivity contribution in [2.75, 3.05) is 26.3 Å². The molecular weight excluding hydrogens is 328 g/mol. The van der Waals surface area contributed by atoms with Gasteiger partial charge in [-0.1, -0.05) is 38.1 Å². The maximum Gasteiger partial charge on any atom is 0.222 e. The molecule has 1 amide bonds. The highest BCUT2D eigenvalue weighted by molar-refractivity contribution is 5.75. The van der Waals surface area contributed by atoms with Gasteiger partial charge >= 0.3 is 0 Å². The molecule has 1 aromatic carbocycles. The summed E-state index contributed by atoms with van der Waals surface area (Å²) in [6, 6.07) is 8.34. The van der Waals surface area contributed by atoms with E-state index in [1.54, 1.807) is 0 Å². The fourth-order valence-electron chi connectivity index (χ4n) is 3.30. The highest BCUT2D eigenvalue weighted by atomic mass is 16.5. The summed E-state index contributed by atoms with van der Waals surface area (Å²) < 4.78 is 11.3. The summed E-state index contributed by atoms with van der Waals surface area (Å²) in [7, 11) is 0. The first-order chi connectivity index (χ1) is 12.4. The summed E-state index contributed by atoms with van der Waals surface area (Å²) in [5.74, 6) is 0.535. The van der Waals surface area contributed by atoms with Crippen molar-refractivity contribution >= 4 is 5.91 Å². The topological polar surface area (TPSA) is 50.8 Å². The van der Waals surface area contributed by atoms with Gasteiger partial charge in [0.05, 0.1) is 18.8 Å². The first-order valence-electron chi connectivity index (χ1n) is 9.73. The molecular formula is C21H34N2O3. The summed E-state index contributed by atoms with van der Waals surface area (Å²) in [6.45, 7) is 13.0. The predicted octanol–water partition coefficient (Wildman–Crippen LogP) is 2.97. The van der Waals surface area contributed by atoms with Gasteiger partial charge in [0.15, 0.2) is 0 Å². The van der Waals surface area contributed by atoms with Crippen molar-refractivity contribution in [3.8, 4) is 0 Å². The fraction of sp³-hybridized carbons (Fsp3) is 0.667. The molecule has 1 saturated heterocycles. The summed E-state index contributed by atoms with van der Waals surface area (Å²) in [6.07, 6.45) is 0.931. The molecule has 5 nitrogen and oxygen atoms in total. The van der Waals surface area contributed by atoms with Gasteiger partial charge in [0.1, 0.15) is 0 Å². The molecule has 2 atom stereocenters. The second kappa shape index (κ2) is 10.7. The van der Waals surface area contributed by atoms with E-state index in [0.717, 1.165) is 19.6 Å². The van der Waals surface area contributed by atoms with Gasteiger partial charge in [-0.2, -0.15) is 0 Å². The molecule has 0 aromatic heterocycles. The molecule has 1 N–H and O–H groups in total. The van der Waals surface area contributed by atoms with Crippen LogP contribution in [0.15, 0.2) is 24.3 Å². The number of hydrogen-bond acceptors (Lipinski definition) is 4. The zero-order chi connectivity index (χ0) is 18.9. The number of hydrogen-bond donors (Lipinski definition) is 1. The van der Waals surface area contributed by atoms with Gasteiger partial charge in [-0.15, -0.1) is 0 Å². The van der Waals surface area contributed by atoms with Gasteiger partial charge in [0.2, 0.25) is 5.91 Å². The third-order valence-electron chi connectivity index (χ3n) is 4.41. The second-order valence-electron chi connectivity index (χ2n) is 7.72. The van der Waals surface area contributed by atoms with E-state index in [4.69, 9.17) is 9.47 Å². The highest BCUT2D eigenvalue weighted by Crippen LogP contribution is 2.17. The molecule has 26 heavy (non-hydrogen) atoms. The van der Waals surface area contributed by atoms with Crippen molar-refractivity contribution in [2.24, 2.45) is 5.92 Å². The Hall–Kier alpha value is -1.43. The monoisotopic (exact) mass is 362 g/mol. The predicted molar refractivity (Wildman–Crippen MR) is 104 cm³/mol. The van der Waals surface area contributed by atoms with Gasteiger partial charge < -0.3 is 14.8 Å². The van der Waals surface area contributed by atoms with E-state index >= 15 is 0 Å². The molecule has 1 aromatic rings. The lowest BCUT2D eigenvalue weighted by atomic mass is 10.1. The van der Waals surface area contributed by atoms with Crippen LogP contribution in [-0.2, 0) is 27.4 Å². The molecule has 0 saturated carbocycles. The van der Waals surface area contributed by atoms with Crippen molar-refractivity contribution in [3.05, 3.63) is 35.4 Å². The van der Waals surface area contributed by atoms with E-state index in [-0.39, 0.29) is 18.1 Å². The third-order valence-corrected chi connectivity index (χ3v) is 4.41. The van der Waals surface area contributed by atoms with Crippen molar-refractivity contribution in [1.29, 1.82) is 0 Å². The molecule has 1 heterocycles. The van der Waals surface area contributed by atoms with Crippen LogP contribution in [-0.4, -0.2) is 49.3 Å². The molecule has 146 valence electrons. The second-order valence-corrected chi connectivity index (χ2v) is 7.72. The molecule has 0 bridgehead atoms. The average molecular weight is 363 g/mol. The van der Waals surface area contributed by atoms with E-state index < -0.39 is 0 Å². The van der Waals surface area contributed by atoms with Gasteiger partial charge in [-0.3, -0.25) is 9.69 Å². The first kappa shape index (κ1) is 20.9. The Morgan fingerprint density at radius 1 is 1.23 bits per heavy atom. The average Bonchev–Trinajstić information content (AvgIpc) is 2.57. The summed E-state index contributed by atoms with van der Waals surface area (Å²) in [4.78, 5) is 14.5. The Bertz CT molecular complexity index is 552.